The minimum absolute atomic E-state index is 0.127. The fourth-order valence-corrected chi connectivity index (χ4v) is 2.72. The molecule has 1 aromatic carbocycles. The Kier molecular flexibility index (Phi) is 6.67. The standard InChI is InChI=1S/C14H22N2O3S/c1-3-5-9-12(4-2)14(17)15-16-20(18,19)13-10-7-6-8-11-13/h6-8,10-12,16H,3-5,9H2,1-2H3,(H,15,17). The molecular formula is C14H22N2O3S. The molecule has 1 aromatic rings. The van der Waals surface area contributed by atoms with E-state index in [1.165, 1.54) is 12.1 Å². The number of hydrogen-bond acceptors (Lipinski definition) is 3. The van der Waals surface area contributed by atoms with Gasteiger partial charge in [0.15, 0.2) is 0 Å². The Hall–Kier alpha value is -1.40. The van der Waals surface area contributed by atoms with Gasteiger partial charge in [-0.1, -0.05) is 44.9 Å². The van der Waals surface area contributed by atoms with Crippen molar-refractivity contribution in [3.8, 4) is 0 Å². The molecule has 0 aromatic heterocycles. The van der Waals surface area contributed by atoms with Gasteiger partial charge in [-0.2, -0.15) is 0 Å². The molecule has 6 heteroatoms. The second-order valence-electron chi connectivity index (χ2n) is 4.66. The van der Waals surface area contributed by atoms with E-state index in [0.717, 1.165) is 19.3 Å². The molecule has 0 bridgehead atoms. The van der Waals surface area contributed by atoms with Crippen LogP contribution >= 0.6 is 0 Å². The van der Waals surface area contributed by atoms with Crippen LogP contribution in [-0.4, -0.2) is 14.3 Å². The summed E-state index contributed by atoms with van der Waals surface area (Å²) in [7, 11) is -3.70. The second-order valence-corrected chi connectivity index (χ2v) is 6.34. The molecule has 0 spiro atoms. The van der Waals surface area contributed by atoms with E-state index in [9.17, 15) is 13.2 Å². The maximum absolute atomic E-state index is 11.9. The smallest absolute Gasteiger partial charge is 0.257 e. The molecule has 0 heterocycles. The van der Waals surface area contributed by atoms with Crippen molar-refractivity contribution in [2.45, 2.75) is 44.4 Å². The number of amides is 1. The van der Waals surface area contributed by atoms with Gasteiger partial charge >= 0.3 is 0 Å². The third-order valence-corrected chi connectivity index (χ3v) is 4.40. The molecule has 112 valence electrons. The van der Waals surface area contributed by atoms with E-state index in [2.05, 4.69) is 17.2 Å². The summed E-state index contributed by atoms with van der Waals surface area (Å²) in [6, 6.07) is 7.94. The lowest BCUT2D eigenvalue weighted by molar-refractivity contribution is -0.125. The topological polar surface area (TPSA) is 75.3 Å². The lowest BCUT2D eigenvalue weighted by Crippen LogP contribution is -2.44. The third kappa shape index (κ3) is 4.94. The summed E-state index contributed by atoms with van der Waals surface area (Å²) in [5, 5.41) is 0. The van der Waals surface area contributed by atoms with Crippen LogP contribution in [0.4, 0.5) is 0 Å². The van der Waals surface area contributed by atoms with E-state index in [-0.39, 0.29) is 16.7 Å². The Labute approximate surface area is 120 Å². The zero-order valence-corrected chi connectivity index (χ0v) is 12.7. The van der Waals surface area contributed by atoms with Gasteiger partial charge in [0, 0.05) is 5.92 Å². The lowest BCUT2D eigenvalue weighted by Gasteiger charge is -2.15. The maximum Gasteiger partial charge on any atom is 0.257 e. The summed E-state index contributed by atoms with van der Waals surface area (Å²) in [5.41, 5.74) is 2.30. The first-order valence-corrected chi connectivity index (χ1v) is 8.36. The van der Waals surface area contributed by atoms with Crippen molar-refractivity contribution >= 4 is 15.9 Å². The number of unbranched alkanes of at least 4 members (excludes halogenated alkanes) is 1. The summed E-state index contributed by atoms with van der Waals surface area (Å²) in [5.74, 6) is -0.436. The number of hydrazine groups is 1. The quantitative estimate of drug-likeness (QED) is 0.723. The number of carbonyl (C=O) groups excluding carboxylic acids is 1. The minimum Gasteiger partial charge on any atom is -0.277 e. The molecule has 0 aliphatic carbocycles. The predicted octanol–water partition coefficient (Wildman–Crippen LogP) is 2.21. The highest BCUT2D eigenvalue weighted by Gasteiger charge is 2.19. The predicted molar refractivity (Wildman–Crippen MR) is 78.2 cm³/mol. The van der Waals surface area contributed by atoms with E-state index in [0.29, 0.717) is 6.42 Å². The van der Waals surface area contributed by atoms with E-state index < -0.39 is 10.0 Å². The van der Waals surface area contributed by atoms with Crippen molar-refractivity contribution in [2.75, 3.05) is 0 Å². The Morgan fingerprint density at radius 1 is 1.20 bits per heavy atom. The van der Waals surface area contributed by atoms with Crippen LogP contribution in [0.25, 0.3) is 0 Å². The van der Waals surface area contributed by atoms with Crippen molar-refractivity contribution in [3.63, 3.8) is 0 Å². The second kappa shape index (κ2) is 8.01. The van der Waals surface area contributed by atoms with Crippen LogP contribution in [0.5, 0.6) is 0 Å². The summed E-state index contributed by atoms with van der Waals surface area (Å²) >= 11 is 0. The van der Waals surface area contributed by atoms with Crippen LogP contribution in [0, 0.1) is 5.92 Å². The maximum atomic E-state index is 11.9. The van der Waals surface area contributed by atoms with Gasteiger partial charge < -0.3 is 0 Å². The third-order valence-electron chi connectivity index (χ3n) is 3.13. The molecule has 0 fully saturated rings. The first kappa shape index (κ1) is 16.7. The average Bonchev–Trinajstić information content (AvgIpc) is 2.47. The van der Waals surface area contributed by atoms with Crippen molar-refractivity contribution < 1.29 is 13.2 Å². The van der Waals surface area contributed by atoms with E-state index >= 15 is 0 Å². The van der Waals surface area contributed by atoms with Gasteiger partial charge in [-0.25, -0.2) is 8.42 Å². The molecule has 2 N–H and O–H groups in total. The van der Waals surface area contributed by atoms with Crippen LogP contribution in [0.3, 0.4) is 0 Å². The van der Waals surface area contributed by atoms with Gasteiger partial charge in [0.2, 0.25) is 5.91 Å². The minimum atomic E-state index is -3.70. The van der Waals surface area contributed by atoms with Crippen LogP contribution in [0.2, 0.25) is 0 Å². The number of benzene rings is 1. The van der Waals surface area contributed by atoms with Crippen molar-refractivity contribution in [1.82, 2.24) is 10.3 Å². The molecule has 1 unspecified atom stereocenters. The molecule has 1 rings (SSSR count). The van der Waals surface area contributed by atoms with Gasteiger partial charge in [-0.05, 0) is 25.0 Å². The zero-order chi connectivity index (χ0) is 15.0. The molecule has 5 nitrogen and oxygen atoms in total. The van der Waals surface area contributed by atoms with E-state index in [1.807, 2.05) is 6.92 Å². The highest BCUT2D eigenvalue weighted by atomic mass is 32.2. The average molecular weight is 298 g/mol. The molecule has 0 aliphatic heterocycles. The fraction of sp³-hybridized carbons (Fsp3) is 0.500. The van der Waals surface area contributed by atoms with Gasteiger partial charge in [0.05, 0.1) is 4.90 Å². The molecule has 0 saturated heterocycles. The molecule has 1 atom stereocenters. The molecule has 1 amide bonds. The Bertz CT molecular complexity index is 514. The number of hydrogen-bond donors (Lipinski definition) is 2. The Morgan fingerprint density at radius 2 is 1.85 bits per heavy atom. The van der Waals surface area contributed by atoms with Crippen molar-refractivity contribution in [1.29, 1.82) is 0 Å². The van der Waals surface area contributed by atoms with Crippen molar-refractivity contribution in [2.24, 2.45) is 5.92 Å². The van der Waals surface area contributed by atoms with E-state index in [4.69, 9.17) is 0 Å². The molecule has 0 aliphatic rings. The van der Waals surface area contributed by atoms with E-state index in [1.54, 1.807) is 18.2 Å². The van der Waals surface area contributed by atoms with Crippen LogP contribution in [-0.2, 0) is 14.8 Å². The number of carbonyl (C=O) groups is 1. The van der Waals surface area contributed by atoms with Gasteiger partial charge in [0.25, 0.3) is 10.0 Å². The monoisotopic (exact) mass is 298 g/mol. The molecular weight excluding hydrogens is 276 g/mol. The summed E-state index contributed by atoms with van der Waals surface area (Å²) < 4.78 is 23.9. The normalized spacial score (nSPS) is 12.9. The lowest BCUT2D eigenvalue weighted by atomic mass is 9.99. The van der Waals surface area contributed by atoms with Gasteiger partial charge in [-0.3, -0.25) is 10.2 Å². The molecule has 0 radical (unpaired) electrons. The van der Waals surface area contributed by atoms with Crippen LogP contribution in [0.1, 0.15) is 39.5 Å². The first-order valence-electron chi connectivity index (χ1n) is 6.88. The number of rotatable bonds is 8. The number of sulfonamides is 1. The summed E-state index contributed by atoms with van der Waals surface area (Å²) in [6.45, 7) is 3.98. The Balaban J connectivity index is 2.59. The number of nitrogens with one attached hydrogen (secondary N) is 2. The highest BCUT2D eigenvalue weighted by Crippen LogP contribution is 2.12. The fourth-order valence-electron chi connectivity index (χ4n) is 1.85. The SMILES string of the molecule is CCCCC(CC)C(=O)NNS(=O)(=O)c1ccccc1. The summed E-state index contributed by atoms with van der Waals surface area (Å²) in [4.78, 5) is 14.2. The molecule has 20 heavy (non-hydrogen) atoms. The molecule has 0 saturated carbocycles. The first-order chi connectivity index (χ1) is 9.51. The van der Waals surface area contributed by atoms with Gasteiger partial charge in [-0.15, -0.1) is 4.83 Å². The zero-order valence-electron chi connectivity index (χ0n) is 11.9. The summed E-state index contributed by atoms with van der Waals surface area (Å²) in [6.07, 6.45) is 3.43. The Morgan fingerprint density at radius 3 is 2.40 bits per heavy atom. The van der Waals surface area contributed by atoms with Gasteiger partial charge in [0.1, 0.15) is 0 Å². The van der Waals surface area contributed by atoms with Crippen LogP contribution in [0.15, 0.2) is 35.2 Å². The highest BCUT2D eigenvalue weighted by molar-refractivity contribution is 7.89. The largest absolute Gasteiger partial charge is 0.277 e. The van der Waals surface area contributed by atoms with Crippen molar-refractivity contribution in [3.05, 3.63) is 30.3 Å². The van der Waals surface area contributed by atoms with Crippen LogP contribution < -0.4 is 10.3 Å².